The molecule has 0 bridgehead atoms. The maximum atomic E-state index is 12.3. The predicted molar refractivity (Wildman–Crippen MR) is 117 cm³/mol. The third-order valence-electron chi connectivity index (χ3n) is 4.06. The molecular formula is C21H33N5O5. The van der Waals surface area contributed by atoms with Gasteiger partial charge in [-0.1, -0.05) is 38.9 Å². The van der Waals surface area contributed by atoms with Crippen molar-refractivity contribution in [1.29, 1.82) is 0 Å². The van der Waals surface area contributed by atoms with Gasteiger partial charge in [-0.05, 0) is 23.7 Å². The van der Waals surface area contributed by atoms with Gasteiger partial charge in [-0.2, -0.15) is 0 Å². The molecule has 0 saturated heterocycles. The van der Waals surface area contributed by atoms with Crippen LogP contribution in [-0.4, -0.2) is 63.5 Å². The number of azide groups is 1. The predicted octanol–water partition coefficient (Wildman–Crippen LogP) is 2.69. The van der Waals surface area contributed by atoms with Crippen LogP contribution in [0.15, 0.2) is 29.4 Å². The number of carbonyl (C=O) groups is 2. The van der Waals surface area contributed by atoms with Crippen molar-refractivity contribution < 1.29 is 23.8 Å². The Kier molecular flexibility index (Phi) is 12.9. The van der Waals surface area contributed by atoms with Crippen molar-refractivity contribution in [1.82, 2.24) is 10.6 Å². The standard InChI is InChI=1S/C21H33N5O5/c1-15(2)19(27)13-29-10-11-30-20(25-26-22)14-31-18-7-5-6-17(12-18)21(28)24-9-8-23-16(3)4/h5-7,12,15-16,20,23H,8-11,13-14H2,1-4H3,(H,24,28). The summed E-state index contributed by atoms with van der Waals surface area (Å²) in [4.78, 5) is 26.5. The summed E-state index contributed by atoms with van der Waals surface area (Å²) in [6, 6.07) is 7.06. The molecule has 31 heavy (non-hydrogen) atoms. The zero-order valence-electron chi connectivity index (χ0n) is 18.7. The Bertz CT molecular complexity index is 735. The Morgan fingerprint density at radius 3 is 2.61 bits per heavy atom. The molecule has 0 saturated carbocycles. The first-order valence-electron chi connectivity index (χ1n) is 10.3. The lowest BCUT2D eigenvalue weighted by atomic mass is 10.1. The van der Waals surface area contributed by atoms with Gasteiger partial charge in [0.2, 0.25) is 0 Å². The fraction of sp³-hybridized carbons (Fsp3) is 0.619. The molecule has 1 unspecified atom stereocenters. The summed E-state index contributed by atoms with van der Waals surface area (Å²) in [5.74, 6) is 0.176. The molecule has 0 spiro atoms. The van der Waals surface area contributed by atoms with Crippen molar-refractivity contribution in [3.8, 4) is 5.75 Å². The maximum Gasteiger partial charge on any atom is 0.251 e. The second kappa shape index (κ2) is 15.2. The van der Waals surface area contributed by atoms with Gasteiger partial charge in [0.25, 0.3) is 5.91 Å². The molecule has 0 radical (unpaired) electrons. The molecule has 1 aromatic rings. The second-order valence-corrected chi connectivity index (χ2v) is 7.41. The number of amides is 1. The summed E-state index contributed by atoms with van der Waals surface area (Å²) < 4.78 is 16.3. The first kappa shape index (κ1) is 26.4. The summed E-state index contributed by atoms with van der Waals surface area (Å²) in [7, 11) is 0. The van der Waals surface area contributed by atoms with E-state index < -0.39 is 6.23 Å². The Hall–Kier alpha value is -2.65. The monoisotopic (exact) mass is 435 g/mol. The van der Waals surface area contributed by atoms with E-state index in [0.29, 0.717) is 30.4 Å². The minimum atomic E-state index is -0.867. The SMILES string of the molecule is CC(C)NCCNC(=O)c1cccc(OCC(N=[N+]=[N-])OCCOCC(=O)C(C)C)c1. The van der Waals surface area contributed by atoms with Crippen LogP contribution >= 0.6 is 0 Å². The number of Topliss-reactive ketones (excluding diaryl/α,β-unsaturated/α-hetero) is 1. The fourth-order valence-corrected chi connectivity index (χ4v) is 2.29. The molecule has 10 heteroatoms. The smallest absolute Gasteiger partial charge is 0.251 e. The average molecular weight is 436 g/mol. The Morgan fingerprint density at radius 1 is 1.16 bits per heavy atom. The third kappa shape index (κ3) is 12.0. The maximum absolute atomic E-state index is 12.3. The van der Waals surface area contributed by atoms with Crippen molar-refractivity contribution in [2.75, 3.05) is 39.5 Å². The normalized spacial score (nSPS) is 11.8. The van der Waals surface area contributed by atoms with E-state index in [-0.39, 0.29) is 44.0 Å². The van der Waals surface area contributed by atoms with Crippen LogP contribution < -0.4 is 15.4 Å². The van der Waals surface area contributed by atoms with E-state index in [4.69, 9.17) is 19.7 Å². The lowest BCUT2D eigenvalue weighted by molar-refractivity contribution is -0.127. The van der Waals surface area contributed by atoms with Crippen LogP contribution in [0.25, 0.3) is 10.4 Å². The molecule has 1 aromatic carbocycles. The highest BCUT2D eigenvalue weighted by Crippen LogP contribution is 2.14. The van der Waals surface area contributed by atoms with Crippen LogP contribution in [0.2, 0.25) is 0 Å². The van der Waals surface area contributed by atoms with Crippen molar-refractivity contribution >= 4 is 11.7 Å². The van der Waals surface area contributed by atoms with E-state index in [1.165, 1.54) is 0 Å². The van der Waals surface area contributed by atoms with Gasteiger partial charge in [-0.25, -0.2) is 0 Å². The highest BCUT2D eigenvalue weighted by Gasteiger charge is 2.11. The van der Waals surface area contributed by atoms with Gasteiger partial charge in [0.1, 0.15) is 19.0 Å². The van der Waals surface area contributed by atoms with Gasteiger partial charge in [-0.15, -0.1) is 0 Å². The van der Waals surface area contributed by atoms with Crippen LogP contribution in [0.4, 0.5) is 0 Å². The zero-order chi connectivity index (χ0) is 23.1. The van der Waals surface area contributed by atoms with Crippen molar-refractivity contribution in [2.45, 2.75) is 40.0 Å². The molecular weight excluding hydrogens is 402 g/mol. The number of hydrogen-bond donors (Lipinski definition) is 2. The zero-order valence-corrected chi connectivity index (χ0v) is 18.7. The molecule has 0 aromatic heterocycles. The van der Waals surface area contributed by atoms with Gasteiger partial charge in [-0.3, -0.25) is 9.59 Å². The minimum absolute atomic E-state index is 0.00929. The molecule has 0 aliphatic rings. The number of nitrogens with one attached hydrogen (secondary N) is 2. The number of ether oxygens (including phenoxy) is 3. The van der Waals surface area contributed by atoms with Crippen molar-refractivity contribution in [3.05, 3.63) is 40.3 Å². The molecule has 1 rings (SSSR count). The largest absolute Gasteiger partial charge is 0.491 e. The number of hydrogen-bond acceptors (Lipinski definition) is 7. The lowest BCUT2D eigenvalue weighted by Gasteiger charge is -2.15. The summed E-state index contributed by atoms with van der Waals surface area (Å²) in [5, 5.41) is 9.61. The summed E-state index contributed by atoms with van der Waals surface area (Å²) in [5.41, 5.74) is 9.18. The third-order valence-corrected chi connectivity index (χ3v) is 4.06. The van der Waals surface area contributed by atoms with Gasteiger partial charge in [0, 0.05) is 35.5 Å². The van der Waals surface area contributed by atoms with Crippen LogP contribution in [0.1, 0.15) is 38.1 Å². The molecule has 0 fully saturated rings. The van der Waals surface area contributed by atoms with E-state index in [2.05, 4.69) is 20.7 Å². The Labute approximate surface area is 183 Å². The van der Waals surface area contributed by atoms with Crippen LogP contribution in [0.5, 0.6) is 5.75 Å². The number of rotatable bonds is 16. The van der Waals surface area contributed by atoms with Crippen LogP contribution in [0.3, 0.4) is 0 Å². The van der Waals surface area contributed by atoms with E-state index in [0.717, 1.165) is 0 Å². The van der Waals surface area contributed by atoms with E-state index >= 15 is 0 Å². The molecule has 0 aliphatic carbocycles. The highest BCUT2D eigenvalue weighted by molar-refractivity contribution is 5.94. The van der Waals surface area contributed by atoms with Gasteiger partial charge in [0.15, 0.2) is 12.0 Å². The highest BCUT2D eigenvalue weighted by atomic mass is 16.6. The summed E-state index contributed by atoms with van der Waals surface area (Å²) >= 11 is 0. The van der Waals surface area contributed by atoms with Gasteiger partial charge < -0.3 is 24.8 Å². The Balaban J connectivity index is 2.44. The van der Waals surface area contributed by atoms with Crippen LogP contribution in [0, 0.1) is 5.92 Å². The molecule has 1 amide bonds. The van der Waals surface area contributed by atoms with Crippen LogP contribution in [-0.2, 0) is 14.3 Å². The molecule has 1 atom stereocenters. The van der Waals surface area contributed by atoms with E-state index in [1.807, 2.05) is 13.8 Å². The number of carbonyl (C=O) groups excluding carboxylic acids is 2. The van der Waals surface area contributed by atoms with Crippen molar-refractivity contribution in [3.63, 3.8) is 0 Å². The van der Waals surface area contributed by atoms with E-state index in [9.17, 15) is 9.59 Å². The first-order chi connectivity index (χ1) is 14.8. The van der Waals surface area contributed by atoms with Crippen molar-refractivity contribution in [2.24, 2.45) is 11.0 Å². The van der Waals surface area contributed by atoms with Gasteiger partial charge in [0.05, 0.1) is 13.2 Å². The number of nitrogens with zero attached hydrogens (tertiary/aromatic N) is 3. The van der Waals surface area contributed by atoms with E-state index in [1.54, 1.807) is 38.1 Å². The quantitative estimate of drug-likeness (QED) is 0.177. The molecule has 0 heterocycles. The molecule has 2 N–H and O–H groups in total. The minimum Gasteiger partial charge on any atom is -0.491 e. The molecule has 10 nitrogen and oxygen atoms in total. The topological polar surface area (TPSA) is 135 Å². The fourth-order valence-electron chi connectivity index (χ4n) is 2.29. The number of benzene rings is 1. The molecule has 0 aliphatic heterocycles. The van der Waals surface area contributed by atoms with Gasteiger partial charge >= 0.3 is 0 Å². The molecule has 172 valence electrons. The first-order valence-corrected chi connectivity index (χ1v) is 10.3. The Morgan fingerprint density at radius 2 is 1.94 bits per heavy atom. The summed E-state index contributed by atoms with van der Waals surface area (Å²) in [6.07, 6.45) is -0.867. The number of ketones is 1. The lowest BCUT2D eigenvalue weighted by Crippen LogP contribution is -2.34. The average Bonchev–Trinajstić information content (AvgIpc) is 2.74. The second-order valence-electron chi connectivity index (χ2n) is 7.41. The summed E-state index contributed by atoms with van der Waals surface area (Å²) in [6.45, 7) is 9.21.